The van der Waals surface area contributed by atoms with E-state index in [1.54, 1.807) is 42.7 Å². The van der Waals surface area contributed by atoms with Gasteiger partial charge in [0.15, 0.2) is 5.71 Å². The van der Waals surface area contributed by atoms with Gasteiger partial charge in [0, 0.05) is 17.1 Å². The third-order valence-corrected chi connectivity index (χ3v) is 5.37. The molecule has 2 heterocycles. The monoisotopic (exact) mass is 461 g/mol. The summed E-state index contributed by atoms with van der Waals surface area (Å²) in [5.41, 5.74) is 0.592. The molecule has 32 heavy (non-hydrogen) atoms. The molecule has 1 aliphatic heterocycles. The molecule has 0 atom stereocenters. The summed E-state index contributed by atoms with van der Waals surface area (Å²) >= 11 is 5.88. The molecule has 1 amide bonds. The van der Waals surface area contributed by atoms with Gasteiger partial charge < -0.3 is 4.57 Å². The van der Waals surface area contributed by atoms with Gasteiger partial charge in [0.2, 0.25) is 0 Å². The van der Waals surface area contributed by atoms with Crippen molar-refractivity contribution in [2.45, 2.75) is 20.0 Å². The van der Waals surface area contributed by atoms with Gasteiger partial charge in [-0.25, -0.2) is 4.39 Å². The smallest absolute Gasteiger partial charge is 0.318 e. The van der Waals surface area contributed by atoms with E-state index in [0.717, 1.165) is 5.01 Å². The zero-order valence-electron chi connectivity index (χ0n) is 16.9. The minimum absolute atomic E-state index is 0.0779. The van der Waals surface area contributed by atoms with Gasteiger partial charge in [0.05, 0.1) is 16.3 Å². The van der Waals surface area contributed by atoms with Gasteiger partial charge in [-0.2, -0.15) is 23.3 Å². The first-order valence-electron chi connectivity index (χ1n) is 9.49. The fraction of sp³-hybridized carbons (Fsp3) is 0.130. The van der Waals surface area contributed by atoms with Crippen LogP contribution >= 0.6 is 11.6 Å². The molecule has 0 fully saturated rings. The van der Waals surface area contributed by atoms with Crippen molar-refractivity contribution in [1.82, 2.24) is 4.57 Å². The van der Waals surface area contributed by atoms with Gasteiger partial charge in [0.25, 0.3) is 5.91 Å². The highest BCUT2D eigenvalue weighted by Gasteiger charge is 2.46. The molecule has 9 heteroatoms. The predicted octanol–water partition coefficient (Wildman–Crippen LogP) is 6.24. The number of alkyl halides is 3. The van der Waals surface area contributed by atoms with Crippen LogP contribution in [-0.4, -0.2) is 22.4 Å². The maximum atomic E-state index is 13.7. The SMILES string of the molecule is Cc1cc(/C=C2\C(=O)N(c3ccccc3)N=C2C(F)(F)F)c(C)n1-c1ccc(F)c(Cl)c1. The number of amides is 1. The lowest BCUT2D eigenvalue weighted by Gasteiger charge is -2.11. The number of anilines is 1. The molecule has 0 aliphatic carbocycles. The zero-order valence-corrected chi connectivity index (χ0v) is 17.7. The molecule has 0 unspecified atom stereocenters. The van der Waals surface area contributed by atoms with Crippen LogP contribution in [0.5, 0.6) is 0 Å². The third kappa shape index (κ3) is 3.82. The molecule has 164 valence electrons. The molecule has 0 bridgehead atoms. The summed E-state index contributed by atoms with van der Waals surface area (Å²) in [6.07, 6.45) is -3.64. The first-order chi connectivity index (χ1) is 15.1. The predicted molar refractivity (Wildman–Crippen MR) is 116 cm³/mol. The molecule has 1 aromatic heterocycles. The second kappa shape index (κ2) is 7.94. The normalized spacial score (nSPS) is 15.6. The van der Waals surface area contributed by atoms with Crippen molar-refractivity contribution >= 4 is 35.0 Å². The van der Waals surface area contributed by atoms with E-state index in [4.69, 9.17) is 11.6 Å². The van der Waals surface area contributed by atoms with Gasteiger partial charge in [-0.3, -0.25) is 4.79 Å². The Bertz CT molecular complexity index is 1280. The highest BCUT2D eigenvalue weighted by Crippen LogP contribution is 2.34. The van der Waals surface area contributed by atoms with E-state index in [1.807, 2.05) is 0 Å². The van der Waals surface area contributed by atoms with Crippen LogP contribution in [0.3, 0.4) is 0 Å². The number of halogens is 5. The second-order valence-corrected chi connectivity index (χ2v) is 7.62. The summed E-state index contributed by atoms with van der Waals surface area (Å²) in [6.45, 7) is 3.44. The van der Waals surface area contributed by atoms with E-state index < -0.39 is 29.2 Å². The minimum atomic E-state index is -4.82. The van der Waals surface area contributed by atoms with Gasteiger partial charge >= 0.3 is 6.18 Å². The Hall–Kier alpha value is -3.39. The second-order valence-electron chi connectivity index (χ2n) is 7.22. The number of hydrogen-bond acceptors (Lipinski definition) is 2. The van der Waals surface area contributed by atoms with E-state index in [9.17, 15) is 22.4 Å². The van der Waals surface area contributed by atoms with Crippen LogP contribution in [-0.2, 0) is 4.79 Å². The Morgan fingerprint density at radius 3 is 2.31 bits per heavy atom. The van der Waals surface area contributed by atoms with Crippen LogP contribution in [0, 0.1) is 19.7 Å². The number of hydrazone groups is 1. The summed E-state index contributed by atoms with van der Waals surface area (Å²) in [5.74, 6) is -1.46. The van der Waals surface area contributed by atoms with E-state index in [2.05, 4.69) is 5.10 Å². The Labute approximate surface area is 186 Å². The molecule has 0 saturated carbocycles. The first kappa shape index (κ1) is 21.8. The number of carbonyl (C=O) groups is 1. The van der Waals surface area contributed by atoms with Gasteiger partial charge in [-0.15, -0.1) is 0 Å². The number of hydrogen-bond donors (Lipinski definition) is 0. The number of nitrogens with zero attached hydrogens (tertiary/aromatic N) is 3. The molecule has 0 saturated heterocycles. The topological polar surface area (TPSA) is 37.6 Å². The van der Waals surface area contributed by atoms with E-state index in [0.29, 0.717) is 22.6 Å². The van der Waals surface area contributed by atoms with E-state index >= 15 is 0 Å². The maximum Gasteiger partial charge on any atom is 0.435 e. The molecule has 1 aliphatic rings. The Kier molecular flexibility index (Phi) is 5.42. The average Bonchev–Trinajstić information content (AvgIpc) is 3.21. The lowest BCUT2D eigenvalue weighted by molar-refractivity contribution is -0.114. The molecule has 3 aromatic rings. The standard InChI is InChI=1S/C23H16ClF4N3O/c1-13-10-15(14(2)30(13)17-8-9-20(25)19(24)12-17)11-18-21(23(26,27)28)29-31(22(18)32)16-6-4-3-5-7-16/h3-12H,1-2H3/b18-11-. The van der Waals surface area contributed by atoms with Crippen molar-refractivity contribution < 1.29 is 22.4 Å². The summed E-state index contributed by atoms with van der Waals surface area (Å²) in [5, 5.41) is 4.23. The first-order valence-corrected chi connectivity index (χ1v) is 9.87. The van der Waals surface area contributed by atoms with Crippen LogP contribution in [0.15, 0.2) is 65.3 Å². The summed E-state index contributed by atoms with van der Waals surface area (Å²) in [6, 6.07) is 13.7. The van der Waals surface area contributed by atoms with Crippen LogP contribution in [0.4, 0.5) is 23.2 Å². The van der Waals surface area contributed by atoms with E-state index in [-0.39, 0.29) is 10.7 Å². The fourth-order valence-electron chi connectivity index (χ4n) is 3.61. The molecular formula is C23H16ClF4N3O. The fourth-order valence-corrected chi connectivity index (χ4v) is 3.78. The van der Waals surface area contributed by atoms with Gasteiger partial charge in [-0.1, -0.05) is 29.8 Å². The van der Waals surface area contributed by atoms with Crippen molar-refractivity contribution in [2.24, 2.45) is 5.10 Å². The van der Waals surface area contributed by atoms with Crippen LogP contribution in [0.1, 0.15) is 17.0 Å². The summed E-state index contributed by atoms with van der Waals surface area (Å²) in [4.78, 5) is 12.9. The number of para-hydroxylation sites is 1. The van der Waals surface area contributed by atoms with Crippen molar-refractivity contribution in [3.05, 3.63) is 88.0 Å². The quantitative estimate of drug-likeness (QED) is 0.336. The molecule has 4 rings (SSSR count). The lowest BCUT2D eigenvalue weighted by atomic mass is 10.1. The maximum absolute atomic E-state index is 13.7. The largest absolute Gasteiger partial charge is 0.435 e. The van der Waals surface area contributed by atoms with Crippen molar-refractivity contribution in [3.63, 3.8) is 0 Å². The van der Waals surface area contributed by atoms with Crippen LogP contribution in [0.25, 0.3) is 11.8 Å². The summed E-state index contributed by atoms with van der Waals surface area (Å²) in [7, 11) is 0. The summed E-state index contributed by atoms with van der Waals surface area (Å²) < 4.78 is 56.4. The lowest BCUT2D eigenvalue weighted by Crippen LogP contribution is -2.25. The number of aromatic nitrogens is 1. The van der Waals surface area contributed by atoms with Crippen molar-refractivity contribution in [1.29, 1.82) is 0 Å². The molecule has 0 spiro atoms. The number of carbonyl (C=O) groups excluding carboxylic acids is 1. The zero-order chi connectivity index (χ0) is 23.2. The van der Waals surface area contributed by atoms with Crippen LogP contribution < -0.4 is 5.01 Å². The molecule has 0 radical (unpaired) electrons. The van der Waals surface area contributed by atoms with Crippen molar-refractivity contribution in [2.75, 3.05) is 5.01 Å². The van der Waals surface area contributed by atoms with Gasteiger partial charge in [-0.05, 0) is 61.9 Å². The Balaban J connectivity index is 1.81. The highest BCUT2D eigenvalue weighted by atomic mass is 35.5. The Morgan fingerprint density at radius 1 is 1.00 bits per heavy atom. The van der Waals surface area contributed by atoms with Crippen molar-refractivity contribution in [3.8, 4) is 5.69 Å². The number of rotatable bonds is 3. The average molecular weight is 462 g/mol. The van der Waals surface area contributed by atoms with Crippen LogP contribution in [0.2, 0.25) is 5.02 Å². The number of aryl methyl sites for hydroxylation is 1. The number of benzene rings is 2. The minimum Gasteiger partial charge on any atom is -0.318 e. The third-order valence-electron chi connectivity index (χ3n) is 5.08. The molecule has 2 aromatic carbocycles. The highest BCUT2D eigenvalue weighted by molar-refractivity contribution is 6.34. The Morgan fingerprint density at radius 2 is 1.69 bits per heavy atom. The molecule has 4 nitrogen and oxygen atoms in total. The van der Waals surface area contributed by atoms with Gasteiger partial charge in [0.1, 0.15) is 5.82 Å². The molecule has 0 N–H and O–H groups in total. The molecular weight excluding hydrogens is 446 g/mol. The van der Waals surface area contributed by atoms with E-state index in [1.165, 1.54) is 36.4 Å².